The first kappa shape index (κ1) is 16.7. The normalized spacial score (nSPS) is 10.5. The molecule has 2 aromatic carbocycles. The van der Waals surface area contributed by atoms with Gasteiger partial charge in [0.25, 0.3) is 0 Å². The SMILES string of the molecule is COC(=O)c1ccc(C(=O)c2ccc(OC)c(C(C)C)c2)cc1. The van der Waals surface area contributed by atoms with Crippen molar-refractivity contribution in [1.82, 2.24) is 0 Å². The third-order valence-corrected chi connectivity index (χ3v) is 3.68. The third kappa shape index (κ3) is 3.59. The largest absolute Gasteiger partial charge is 0.496 e. The van der Waals surface area contributed by atoms with Crippen LogP contribution in [0.3, 0.4) is 0 Å². The second-order valence-corrected chi connectivity index (χ2v) is 5.51. The summed E-state index contributed by atoms with van der Waals surface area (Å²) in [5.41, 5.74) is 2.53. The van der Waals surface area contributed by atoms with Gasteiger partial charge >= 0.3 is 5.97 Å². The molecule has 0 bridgehead atoms. The molecule has 0 aliphatic heterocycles. The first-order chi connectivity index (χ1) is 11.0. The molecule has 0 aromatic heterocycles. The number of ether oxygens (including phenoxy) is 2. The van der Waals surface area contributed by atoms with Gasteiger partial charge in [-0.25, -0.2) is 4.79 Å². The van der Waals surface area contributed by atoms with Crippen molar-refractivity contribution in [2.45, 2.75) is 19.8 Å². The predicted molar refractivity (Wildman–Crippen MR) is 88.3 cm³/mol. The average Bonchev–Trinajstić information content (AvgIpc) is 2.59. The maximum absolute atomic E-state index is 12.6. The Morgan fingerprint density at radius 3 is 1.96 bits per heavy atom. The van der Waals surface area contributed by atoms with Crippen LogP contribution >= 0.6 is 0 Å². The molecule has 0 spiro atoms. The van der Waals surface area contributed by atoms with Crippen LogP contribution < -0.4 is 4.74 Å². The third-order valence-electron chi connectivity index (χ3n) is 3.68. The van der Waals surface area contributed by atoms with E-state index in [1.54, 1.807) is 37.4 Å². The molecule has 23 heavy (non-hydrogen) atoms. The first-order valence-corrected chi connectivity index (χ1v) is 7.39. The minimum atomic E-state index is -0.421. The van der Waals surface area contributed by atoms with Crippen LogP contribution in [0.25, 0.3) is 0 Å². The van der Waals surface area contributed by atoms with Gasteiger partial charge in [0.1, 0.15) is 5.75 Å². The first-order valence-electron chi connectivity index (χ1n) is 7.39. The van der Waals surface area contributed by atoms with Crippen LogP contribution in [0.4, 0.5) is 0 Å². The number of carbonyl (C=O) groups excluding carboxylic acids is 2. The van der Waals surface area contributed by atoms with E-state index in [2.05, 4.69) is 18.6 Å². The molecule has 0 aliphatic rings. The Morgan fingerprint density at radius 2 is 1.43 bits per heavy atom. The minimum absolute atomic E-state index is 0.0917. The fraction of sp³-hybridized carbons (Fsp3) is 0.263. The van der Waals surface area contributed by atoms with Gasteiger partial charge in [-0.2, -0.15) is 0 Å². The van der Waals surface area contributed by atoms with Gasteiger partial charge in [0.15, 0.2) is 5.78 Å². The molecule has 4 nitrogen and oxygen atoms in total. The van der Waals surface area contributed by atoms with Crippen molar-refractivity contribution < 1.29 is 19.1 Å². The van der Waals surface area contributed by atoms with Gasteiger partial charge in [-0.15, -0.1) is 0 Å². The Balaban J connectivity index is 2.33. The van der Waals surface area contributed by atoms with Crippen molar-refractivity contribution in [3.05, 3.63) is 64.7 Å². The second kappa shape index (κ2) is 7.09. The van der Waals surface area contributed by atoms with Crippen LogP contribution in [-0.4, -0.2) is 26.0 Å². The standard InChI is InChI=1S/C19H20O4/c1-12(2)16-11-15(9-10-17(16)22-3)18(20)13-5-7-14(8-6-13)19(21)23-4/h5-12H,1-4H3. The van der Waals surface area contributed by atoms with Crippen molar-refractivity contribution in [2.24, 2.45) is 0 Å². The van der Waals surface area contributed by atoms with Crippen LogP contribution in [0, 0.1) is 0 Å². The zero-order chi connectivity index (χ0) is 17.0. The van der Waals surface area contributed by atoms with Crippen LogP contribution in [0.1, 0.15) is 51.6 Å². The number of rotatable bonds is 5. The zero-order valence-electron chi connectivity index (χ0n) is 13.8. The molecule has 0 aliphatic carbocycles. The van der Waals surface area contributed by atoms with Crippen LogP contribution in [-0.2, 0) is 4.74 Å². The Labute approximate surface area is 136 Å². The molecular formula is C19H20O4. The maximum atomic E-state index is 12.6. The number of carbonyl (C=O) groups is 2. The highest BCUT2D eigenvalue weighted by Crippen LogP contribution is 2.28. The lowest BCUT2D eigenvalue weighted by Crippen LogP contribution is -2.05. The summed E-state index contributed by atoms with van der Waals surface area (Å²) in [7, 11) is 2.94. The quantitative estimate of drug-likeness (QED) is 0.622. The summed E-state index contributed by atoms with van der Waals surface area (Å²) in [6.07, 6.45) is 0. The molecular weight excluding hydrogens is 292 g/mol. The topological polar surface area (TPSA) is 52.6 Å². The summed E-state index contributed by atoms with van der Waals surface area (Å²) in [4.78, 5) is 24.0. The minimum Gasteiger partial charge on any atom is -0.496 e. The summed E-state index contributed by atoms with van der Waals surface area (Å²) >= 11 is 0. The van der Waals surface area contributed by atoms with Crippen LogP contribution in [0.2, 0.25) is 0 Å². The zero-order valence-corrected chi connectivity index (χ0v) is 13.8. The van der Waals surface area contributed by atoms with Crippen molar-refractivity contribution in [3.8, 4) is 5.75 Å². The van der Waals surface area contributed by atoms with Gasteiger partial charge in [0.05, 0.1) is 19.8 Å². The van der Waals surface area contributed by atoms with Crippen molar-refractivity contribution >= 4 is 11.8 Å². The van der Waals surface area contributed by atoms with E-state index in [1.807, 2.05) is 12.1 Å². The Kier molecular flexibility index (Phi) is 5.16. The number of hydrogen-bond donors (Lipinski definition) is 0. The lowest BCUT2D eigenvalue weighted by molar-refractivity contribution is 0.0600. The summed E-state index contributed by atoms with van der Waals surface area (Å²) in [6, 6.07) is 11.9. The number of ketones is 1. The van der Waals surface area contributed by atoms with E-state index in [9.17, 15) is 9.59 Å². The highest BCUT2D eigenvalue weighted by molar-refractivity contribution is 6.09. The number of benzene rings is 2. The number of methoxy groups -OCH3 is 2. The molecule has 0 unspecified atom stereocenters. The Bertz CT molecular complexity index is 715. The van der Waals surface area contributed by atoms with E-state index in [0.717, 1.165) is 11.3 Å². The summed E-state index contributed by atoms with van der Waals surface area (Å²) in [5.74, 6) is 0.512. The molecule has 0 heterocycles. The molecule has 0 radical (unpaired) electrons. The molecule has 0 saturated heterocycles. The summed E-state index contributed by atoms with van der Waals surface area (Å²) < 4.78 is 9.99. The second-order valence-electron chi connectivity index (χ2n) is 5.51. The monoisotopic (exact) mass is 312 g/mol. The van der Waals surface area contributed by atoms with Gasteiger partial charge in [-0.05, 0) is 41.8 Å². The Hall–Kier alpha value is -2.62. The van der Waals surface area contributed by atoms with Gasteiger partial charge in [0, 0.05) is 11.1 Å². The van der Waals surface area contributed by atoms with E-state index < -0.39 is 5.97 Å². The fourth-order valence-electron chi connectivity index (χ4n) is 2.37. The van der Waals surface area contributed by atoms with E-state index in [1.165, 1.54) is 7.11 Å². The number of hydrogen-bond acceptors (Lipinski definition) is 4. The van der Waals surface area contributed by atoms with Gasteiger partial charge in [0.2, 0.25) is 0 Å². The lowest BCUT2D eigenvalue weighted by Gasteiger charge is -2.13. The van der Waals surface area contributed by atoms with Gasteiger partial charge in [-0.3, -0.25) is 4.79 Å². The van der Waals surface area contributed by atoms with Crippen molar-refractivity contribution in [1.29, 1.82) is 0 Å². The lowest BCUT2D eigenvalue weighted by atomic mass is 9.95. The molecule has 2 aromatic rings. The molecule has 0 amide bonds. The molecule has 4 heteroatoms. The summed E-state index contributed by atoms with van der Waals surface area (Å²) in [5, 5.41) is 0. The molecule has 0 atom stereocenters. The maximum Gasteiger partial charge on any atom is 0.337 e. The highest BCUT2D eigenvalue weighted by atomic mass is 16.5. The smallest absolute Gasteiger partial charge is 0.337 e. The van der Waals surface area contributed by atoms with Crippen LogP contribution in [0.5, 0.6) is 5.75 Å². The average molecular weight is 312 g/mol. The number of esters is 1. The Morgan fingerprint density at radius 1 is 0.870 bits per heavy atom. The molecule has 0 saturated carbocycles. The van der Waals surface area contributed by atoms with Gasteiger partial charge < -0.3 is 9.47 Å². The van der Waals surface area contributed by atoms with Crippen molar-refractivity contribution in [2.75, 3.05) is 14.2 Å². The predicted octanol–water partition coefficient (Wildman–Crippen LogP) is 3.84. The molecule has 0 fully saturated rings. The van der Waals surface area contributed by atoms with E-state index in [4.69, 9.17) is 4.74 Å². The van der Waals surface area contributed by atoms with E-state index >= 15 is 0 Å². The van der Waals surface area contributed by atoms with E-state index in [-0.39, 0.29) is 11.7 Å². The van der Waals surface area contributed by atoms with Gasteiger partial charge in [-0.1, -0.05) is 26.0 Å². The highest BCUT2D eigenvalue weighted by Gasteiger charge is 2.15. The van der Waals surface area contributed by atoms with Crippen molar-refractivity contribution in [3.63, 3.8) is 0 Å². The molecule has 120 valence electrons. The fourth-order valence-corrected chi connectivity index (χ4v) is 2.37. The molecule has 2 rings (SSSR count). The van der Waals surface area contributed by atoms with E-state index in [0.29, 0.717) is 16.7 Å². The van der Waals surface area contributed by atoms with Crippen LogP contribution in [0.15, 0.2) is 42.5 Å². The summed E-state index contributed by atoms with van der Waals surface area (Å²) in [6.45, 7) is 4.11. The molecule has 0 N–H and O–H groups in total.